The van der Waals surface area contributed by atoms with Crippen LogP contribution in [0.1, 0.15) is 16.1 Å². The maximum atomic E-state index is 13.0. The van der Waals surface area contributed by atoms with Gasteiger partial charge in [-0.15, -0.1) is 0 Å². The molecule has 0 unspecified atom stereocenters. The summed E-state index contributed by atoms with van der Waals surface area (Å²) in [5.74, 6) is -5.00. The van der Waals surface area contributed by atoms with Crippen LogP contribution in [0.2, 0.25) is 0 Å². The molecule has 88 valence electrons. The lowest BCUT2D eigenvalue weighted by atomic mass is 10.1. The quantitative estimate of drug-likeness (QED) is 0.595. The minimum atomic E-state index is -1.59. The molecule has 0 spiro atoms. The van der Waals surface area contributed by atoms with E-state index < -0.39 is 23.2 Å². The van der Waals surface area contributed by atoms with E-state index in [1.807, 2.05) is 0 Å². The summed E-state index contributed by atoms with van der Waals surface area (Å²) >= 11 is 0. The number of carbonyl (C=O) groups is 1. The minimum absolute atomic E-state index is 0.162. The molecule has 0 atom stereocenters. The molecular weight excluding hydrogens is 233 g/mol. The molecule has 0 saturated carbocycles. The van der Waals surface area contributed by atoms with E-state index in [2.05, 4.69) is 5.10 Å². The highest BCUT2D eigenvalue weighted by atomic mass is 19.2. The van der Waals surface area contributed by atoms with Crippen LogP contribution in [-0.2, 0) is 7.05 Å². The van der Waals surface area contributed by atoms with Gasteiger partial charge in [-0.3, -0.25) is 9.48 Å². The summed E-state index contributed by atoms with van der Waals surface area (Å²) in [6.45, 7) is 0. The molecule has 0 aliphatic rings. The van der Waals surface area contributed by atoms with Crippen LogP contribution in [0.4, 0.5) is 13.2 Å². The highest BCUT2D eigenvalue weighted by Gasteiger charge is 2.18. The molecule has 0 N–H and O–H groups in total. The molecule has 3 nitrogen and oxygen atoms in total. The van der Waals surface area contributed by atoms with Crippen molar-refractivity contribution < 1.29 is 18.0 Å². The summed E-state index contributed by atoms with van der Waals surface area (Å²) in [5.41, 5.74) is -0.0968. The largest absolute Gasteiger partial charge is 0.287 e. The summed E-state index contributed by atoms with van der Waals surface area (Å²) in [6, 6.07) is 2.73. The van der Waals surface area contributed by atoms with E-state index in [0.717, 1.165) is 0 Å². The van der Waals surface area contributed by atoms with Crippen LogP contribution in [0.25, 0.3) is 0 Å². The van der Waals surface area contributed by atoms with Gasteiger partial charge in [-0.2, -0.15) is 5.10 Å². The van der Waals surface area contributed by atoms with Gasteiger partial charge in [0.1, 0.15) is 5.69 Å². The van der Waals surface area contributed by atoms with Crippen molar-refractivity contribution in [1.82, 2.24) is 9.78 Å². The molecule has 0 aliphatic heterocycles. The fourth-order valence-electron chi connectivity index (χ4n) is 1.43. The van der Waals surface area contributed by atoms with Crippen molar-refractivity contribution in [3.8, 4) is 0 Å². The standard InChI is InChI=1S/C11H7F3N2O/c1-16-9(2-3-15-16)11(17)6-4-7(12)10(14)8(13)5-6/h2-5H,1H3. The van der Waals surface area contributed by atoms with E-state index in [9.17, 15) is 18.0 Å². The molecule has 0 bridgehead atoms. The number of carbonyl (C=O) groups excluding carboxylic acids is 1. The second-order valence-corrected chi connectivity index (χ2v) is 3.42. The van der Waals surface area contributed by atoms with E-state index in [0.29, 0.717) is 12.1 Å². The first kappa shape index (κ1) is 11.4. The molecule has 6 heteroatoms. The average Bonchev–Trinajstić information content (AvgIpc) is 2.70. The van der Waals surface area contributed by atoms with Gasteiger partial charge in [0, 0.05) is 18.8 Å². The molecule has 0 fully saturated rings. The van der Waals surface area contributed by atoms with Gasteiger partial charge in [0.2, 0.25) is 5.78 Å². The van der Waals surface area contributed by atoms with Gasteiger partial charge in [0.25, 0.3) is 0 Å². The van der Waals surface area contributed by atoms with Crippen LogP contribution in [0, 0.1) is 17.5 Å². The molecule has 1 aromatic heterocycles. The lowest BCUT2D eigenvalue weighted by Crippen LogP contribution is -2.09. The van der Waals surface area contributed by atoms with Crippen LogP contribution in [0.5, 0.6) is 0 Å². The number of benzene rings is 1. The number of hydrogen-bond acceptors (Lipinski definition) is 2. The molecule has 17 heavy (non-hydrogen) atoms. The molecule has 2 rings (SSSR count). The van der Waals surface area contributed by atoms with Gasteiger partial charge in [0.05, 0.1) is 0 Å². The van der Waals surface area contributed by atoms with Gasteiger partial charge in [-0.05, 0) is 18.2 Å². The zero-order chi connectivity index (χ0) is 12.6. The van der Waals surface area contributed by atoms with Crippen LogP contribution in [0.3, 0.4) is 0 Å². The Morgan fingerprint density at radius 2 is 1.82 bits per heavy atom. The molecule has 0 amide bonds. The molecule has 1 heterocycles. The summed E-state index contributed by atoms with van der Waals surface area (Å²) in [4.78, 5) is 11.8. The zero-order valence-electron chi connectivity index (χ0n) is 8.75. The van der Waals surface area contributed by atoms with Crippen LogP contribution >= 0.6 is 0 Å². The molecule has 0 aliphatic carbocycles. The third-order valence-electron chi connectivity index (χ3n) is 2.30. The number of aromatic nitrogens is 2. The van der Waals surface area contributed by atoms with Crippen molar-refractivity contribution in [1.29, 1.82) is 0 Å². The molecule has 0 radical (unpaired) electrons. The van der Waals surface area contributed by atoms with E-state index in [4.69, 9.17) is 0 Å². The van der Waals surface area contributed by atoms with E-state index in [1.54, 1.807) is 0 Å². The van der Waals surface area contributed by atoms with Gasteiger partial charge in [-0.1, -0.05) is 0 Å². The number of aryl methyl sites for hydroxylation is 1. The van der Waals surface area contributed by atoms with Gasteiger partial charge in [0.15, 0.2) is 17.5 Å². The van der Waals surface area contributed by atoms with Crippen molar-refractivity contribution >= 4 is 5.78 Å². The Hall–Kier alpha value is -2.11. The van der Waals surface area contributed by atoms with E-state index in [-0.39, 0.29) is 11.3 Å². The minimum Gasteiger partial charge on any atom is -0.287 e. The SMILES string of the molecule is Cn1nccc1C(=O)c1cc(F)c(F)c(F)c1. The summed E-state index contributed by atoms with van der Waals surface area (Å²) < 4.78 is 39.9. The topological polar surface area (TPSA) is 34.9 Å². The Morgan fingerprint density at radius 1 is 1.24 bits per heavy atom. The van der Waals surface area contributed by atoms with Gasteiger partial charge in [-0.25, -0.2) is 13.2 Å². The smallest absolute Gasteiger partial charge is 0.211 e. The van der Waals surface area contributed by atoms with Gasteiger partial charge >= 0.3 is 0 Å². The predicted molar refractivity (Wildman–Crippen MR) is 53.0 cm³/mol. The highest BCUT2D eigenvalue weighted by molar-refractivity contribution is 6.07. The first-order chi connectivity index (χ1) is 8.00. The van der Waals surface area contributed by atoms with Crippen LogP contribution in [0.15, 0.2) is 24.4 Å². The van der Waals surface area contributed by atoms with Crippen molar-refractivity contribution in [2.45, 2.75) is 0 Å². The third kappa shape index (κ3) is 1.93. The Morgan fingerprint density at radius 3 is 2.29 bits per heavy atom. The second-order valence-electron chi connectivity index (χ2n) is 3.42. The molecule has 2 aromatic rings. The van der Waals surface area contributed by atoms with Crippen molar-refractivity contribution in [3.63, 3.8) is 0 Å². The summed E-state index contributed by atoms with van der Waals surface area (Å²) in [5, 5.41) is 3.76. The number of halogens is 3. The van der Waals surface area contributed by atoms with Gasteiger partial charge < -0.3 is 0 Å². The van der Waals surface area contributed by atoms with Crippen molar-refractivity contribution in [2.24, 2.45) is 7.05 Å². The molecule has 0 saturated heterocycles. The Bertz CT molecular complexity index is 569. The average molecular weight is 240 g/mol. The Kier molecular flexibility index (Phi) is 2.71. The maximum absolute atomic E-state index is 13.0. The van der Waals surface area contributed by atoms with Crippen molar-refractivity contribution in [3.05, 3.63) is 53.1 Å². The van der Waals surface area contributed by atoms with E-state index >= 15 is 0 Å². The first-order valence-corrected chi connectivity index (χ1v) is 4.68. The molecular formula is C11H7F3N2O. The predicted octanol–water partition coefficient (Wildman–Crippen LogP) is 2.07. The fourth-order valence-corrected chi connectivity index (χ4v) is 1.43. The third-order valence-corrected chi connectivity index (χ3v) is 2.30. The Balaban J connectivity index is 2.49. The highest BCUT2D eigenvalue weighted by Crippen LogP contribution is 2.16. The maximum Gasteiger partial charge on any atom is 0.211 e. The number of rotatable bonds is 2. The van der Waals surface area contributed by atoms with Crippen LogP contribution in [-0.4, -0.2) is 15.6 Å². The number of hydrogen-bond donors (Lipinski definition) is 0. The summed E-state index contributed by atoms with van der Waals surface area (Å²) in [7, 11) is 1.52. The Labute approximate surface area is 94.5 Å². The van der Waals surface area contributed by atoms with Crippen LogP contribution < -0.4 is 0 Å². The number of ketones is 1. The second kappa shape index (κ2) is 4.04. The lowest BCUT2D eigenvalue weighted by molar-refractivity contribution is 0.102. The molecule has 1 aromatic carbocycles. The fraction of sp³-hybridized carbons (Fsp3) is 0.0909. The van der Waals surface area contributed by atoms with E-state index in [1.165, 1.54) is 24.0 Å². The summed E-state index contributed by atoms with van der Waals surface area (Å²) in [6.07, 6.45) is 1.38. The zero-order valence-corrected chi connectivity index (χ0v) is 8.75. The van der Waals surface area contributed by atoms with Crippen molar-refractivity contribution in [2.75, 3.05) is 0 Å². The normalized spacial score (nSPS) is 10.6. The number of nitrogens with zero attached hydrogens (tertiary/aromatic N) is 2. The lowest BCUT2D eigenvalue weighted by Gasteiger charge is -2.03. The first-order valence-electron chi connectivity index (χ1n) is 4.68. The monoisotopic (exact) mass is 240 g/mol.